The number of halogens is 2. The van der Waals surface area contributed by atoms with Crippen molar-refractivity contribution >= 4 is 11.9 Å². The number of aliphatic hydroxyl groups is 1. The first-order valence-corrected chi connectivity index (χ1v) is 11.0. The van der Waals surface area contributed by atoms with Crippen molar-refractivity contribution in [2.45, 2.75) is 12.1 Å². The van der Waals surface area contributed by atoms with Crippen molar-refractivity contribution in [2.24, 2.45) is 0 Å². The summed E-state index contributed by atoms with van der Waals surface area (Å²) in [4.78, 5) is 16.3. The van der Waals surface area contributed by atoms with Crippen molar-refractivity contribution in [3.8, 4) is 11.5 Å². The number of allylic oxidation sites excluding steroid dienone is 1. The lowest BCUT2D eigenvalue weighted by Crippen LogP contribution is -2.39. The molecular formula is C27H23F2N3O4. The molecule has 4 rings (SSSR count). The molecule has 1 atom stereocenters. The largest absolute Gasteiger partial charge is 0.497 e. The number of hydrogen-bond acceptors (Lipinski definition) is 6. The highest BCUT2D eigenvalue weighted by molar-refractivity contribution is 6.06. The Morgan fingerprint density at radius 3 is 2.42 bits per heavy atom. The maximum atomic E-state index is 14.5. The number of ether oxygens (including phenoxy) is 2. The number of benzene rings is 3. The number of carbonyl (C=O) groups is 1. The fourth-order valence-corrected chi connectivity index (χ4v) is 3.56. The molecule has 3 aromatic carbocycles. The van der Waals surface area contributed by atoms with E-state index in [1.165, 1.54) is 29.5 Å². The molecule has 0 aliphatic rings. The van der Waals surface area contributed by atoms with Gasteiger partial charge >= 0.3 is 0 Å². The van der Waals surface area contributed by atoms with E-state index < -0.39 is 17.2 Å². The first-order chi connectivity index (χ1) is 17.4. The highest BCUT2D eigenvalue weighted by atomic mass is 19.1. The summed E-state index contributed by atoms with van der Waals surface area (Å²) in [6.07, 6.45) is 5.81. The Labute approximate surface area is 206 Å². The van der Waals surface area contributed by atoms with E-state index in [4.69, 9.17) is 9.47 Å². The quantitative estimate of drug-likeness (QED) is 0.261. The Morgan fingerprint density at radius 1 is 1.06 bits per heavy atom. The summed E-state index contributed by atoms with van der Waals surface area (Å²) in [6, 6.07) is 16.5. The average molecular weight is 491 g/mol. The highest BCUT2D eigenvalue weighted by Crippen LogP contribution is 2.28. The van der Waals surface area contributed by atoms with Crippen LogP contribution in [0.4, 0.5) is 8.78 Å². The number of carbonyl (C=O) groups excluding carboxylic acids is 1. The third-order valence-corrected chi connectivity index (χ3v) is 5.48. The first kappa shape index (κ1) is 24.7. The molecule has 36 heavy (non-hydrogen) atoms. The van der Waals surface area contributed by atoms with Crippen LogP contribution in [0.1, 0.15) is 21.5 Å². The smallest absolute Gasteiger partial charge is 0.185 e. The van der Waals surface area contributed by atoms with Gasteiger partial charge in [0, 0.05) is 17.2 Å². The Hall–Kier alpha value is -4.37. The van der Waals surface area contributed by atoms with Crippen LogP contribution in [-0.2, 0) is 12.1 Å². The van der Waals surface area contributed by atoms with Crippen LogP contribution < -0.4 is 9.47 Å². The van der Waals surface area contributed by atoms with Crippen molar-refractivity contribution in [1.29, 1.82) is 0 Å². The summed E-state index contributed by atoms with van der Waals surface area (Å²) in [5, 5.41) is 15.2. The van der Waals surface area contributed by atoms with Gasteiger partial charge in [0.05, 0.1) is 13.7 Å². The Kier molecular flexibility index (Phi) is 7.50. The van der Waals surface area contributed by atoms with Crippen LogP contribution in [0.2, 0.25) is 0 Å². The average Bonchev–Trinajstić information content (AvgIpc) is 3.39. The van der Waals surface area contributed by atoms with E-state index in [0.29, 0.717) is 17.4 Å². The van der Waals surface area contributed by atoms with Crippen LogP contribution >= 0.6 is 0 Å². The van der Waals surface area contributed by atoms with Gasteiger partial charge in [-0.05, 0) is 54.1 Å². The predicted octanol–water partition coefficient (Wildman–Crippen LogP) is 4.43. The second-order valence-electron chi connectivity index (χ2n) is 8.03. The minimum atomic E-state index is -1.87. The fourth-order valence-electron chi connectivity index (χ4n) is 3.56. The van der Waals surface area contributed by atoms with E-state index in [9.17, 15) is 18.7 Å². The van der Waals surface area contributed by atoms with E-state index in [0.717, 1.165) is 17.4 Å². The third-order valence-electron chi connectivity index (χ3n) is 5.48. The Bertz CT molecular complexity index is 1340. The molecule has 0 bridgehead atoms. The molecular weight excluding hydrogens is 468 g/mol. The van der Waals surface area contributed by atoms with E-state index in [1.807, 2.05) is 12.1 Å². The molecule has 0 aliphatic carbocycles. The minimum Gasteiger partial charge on any atom is -0.497 e. The second-order valence-corrected chi connectivity index (χ2v) is 8.03. The first-order valence-electron chi connectivity index (χ1n) is 11.0. The van der Waals surface area contributed by atoms with Crippen molar-refractivity contribution < 1.29 is 28.2 Å². The maximum Gasteiger partial charge on any atom is 0.185 e. The monoisotopic (exact) mass is 491 g/mol. The van der Waals surface area contributed by atoms with Crippen LogP contribution in [0.25, 0.3) is 6.08 Å². The zero-order valence-electron chi connectivity index (χ0n) is 19.3. The number of rotatable bonds is 10. The topological polar surface area (TPSA) is 86.5 Å². The molecule has 0 radical (unpaired) electrons. The number of ketones is 1. The van der Waals surface area contributed by atoms with Gasteiger partial charge in [0.25, 0.3) is 0 Å². The van der Waals surface area contributed by atoms with Crippen LogP contribution in [0.3, 0.4) is 0 Å². The molecule has 4 aromatic rings. The normalized spacial score (nSPS) is 12.9. The summed E-state index contributed by atoms with van der Waals surface area (Å²) in [6.45, 7) is -0.539. The second kappa shape index (κ2) is 10.9. The lowest BCUT2D eigenvalue weighted by molar-refractivity contribution is -0.0297. The fraction of sp³-hybridized carbons (Fsp3) is 0.148. The molecule has 184 valence electrons. The molecule has 0 aliphatic heterocycles. The maximum absolute atomic E-state index is 14.5. The lowest BCUT2D eigenvalue weighted by Gasteiger charge is -2.29. The van der Waals surface area contributed by atoms with Crippen molar-refractivity contribution in [1.82, 2.24) is 14.8 Å². The van der Waals surface area contributed by atoms with Gasteiger partial charge in [-0.25, -0.2) is 18.4 Å². The molecule has 7 nitrogen and oxygen atoms in total. The third kappa shape index (κ3) is 6.00. The van der Waals surface area contributed by atoms with E-state index in [1.54, 1.807) is 49.6 Å². The lowest BCUT2D eigenvalue weighted by atomic mass is 9.94. The minimum absolute atomic E-state index is 0.144. The molecule has 1 N–H and O–H groups in total. The van der Waals surface area contributed by atoms with Crippen LogP contribution in [0.15, 0.2) is 85.5 Å². The molecule has 1 aromatic heterocycles. The SMILES string of the molecule is COc1ccc(/C=C/C(=O)c2ccc(OC[C@](O)(Cn3cncn3)c3ccc(F)cc3F)cc2)cc1. The van der Waals surface area contributed by atoms with Crippen LogP contribution in [-0.4, -0.2) is 39.4 Å². The standard InChI is InChI=1S/C27H23F2N3O4/c1-35-22-8-2-19(3-9-22)4-13-26(33)20-5-10-23(11-6-20)36-16-27(34,15-32-18-30-17-31-32)24-12-7-21(28)14-25(24)29/h2-14,17-18,34H,15-16H2,1H3/b13-4+/t27-/m1/s1. The van der Waals surface area contributed by atoms with Crippen molar-refractivity contribution in [2.75, 3.05) is 13.7 Å². The van der Waals surface area contributed by atoms with Gasteiger partial charge < -0.3 is 14.6 Å². The van der Waals surface area contributed by atoms with Gasteiger partial charge in [0.1, 0.15) is 48.0 Å². The number of hydrogen-bond donors (Lipinski definition) is 1. The van der Waals surface area contributed by atoms with Gasteiger partial charge in [-0.3, -0.25) is 4.79 Å². The van der Waals surface area contributed by atoms with Gasteiger partial charge in [0.2, 0.25) is 0 Å². The van der Waals surface area contributed by atoms with Crippen molar-refractivity contribution in [3.05, 3.63) is 114 Å². The number of nitrogens with zero attached hydrogens (tertiary/aromatic N) is 3. The summed E-state index contributed by atoms with van der Waals surface area (Å²) in [7, 11) is 1.58. The molecule has 0 fully saturated rings. The molecule has 9 heteroatoms. The molecule has 0 amide bonds. The molecule has 0 unspecified atom stereocenters. The zero-order valence-corrected chi connectivity index (χ0v) is 19.3. The van der Waals surface area contributed by atoms with Gasteiger partial charge in [0.15, 0.2) is 5.78 Å². The van der Waals surface area contributed by atoms with E-state index in [-0.39, 0.29) is 24.5 Å². The summed E-state index contributed by atoms with van der Waals surface area (Å²) >= 11 is 0. The molecule has 0 saturated carbocycles. The van der Waals surface area contributed by atoms with Gasteiger partial charge in [-0.1, -0.05) is 24.3 Å². The molecule has 0 spiro atoms. The van der Waals surface area contributed by atoms with Gasteiger partial charge in [-0.15, -0.1) is 0 Å². The Balaban J connectivity index is 1.45. The molecule has 1 heterocycles. The Morgan fingerprint density at radius 2 is 1.78 bits per heavy atom. The molecule has 0 saturated heterocycles. The zero-order chi connectivity index (χ0) is 25.5. The summed E-state index contributed by atoms with van der Waals surface area (Å²) in [5.74, 6) is -0.796. The summed E-state index contributed by atoms with van der Waals surface area (Å²) in [5.41, 5.74) is -0.727. The van der Waals surface area contributed by atoms with E-state index in [2.05, 4.69) is 10.1 Å². The van der Waals surface area contributed by atoms with Crippen LogP contribution in [0, 0.1) is 11.6 Å². The van der Waals surface area contributed by atoms with Crippen LogP contribution in [0.5, 0.6) is 11.5 Å². The number of aromatic nitrogens is 3. The van der Waals surface area contributed by atoms with Gasteiger partial charge in [-0.2, -0.15) is 5.10 Å². The highest BCUT2D eigenvalue weighted by Gasteiger charge is 2.34. The number of methoxy groups -OCH3 is 1. The van der Waals surface area contributed by atoms with Crippen molar-refractivity contribution in [3.63, 3.8) is 0 Å². The van der Waals surface area contributed by atoms with E-state index >= 15 is 0 Å². The predicted molar refractivity (Wildman–Crippen MR) is 129 cm³/mol. The summed E-state index contributed by atoms with van der Waals surface area (Å²) < 4.78 is 40.1.